The zero-order valence-electron chi connectivity index (χ0n) is 14.8. The molecule has 25 heavy (non-hydrogen) atoms. The number of benzene rings is 2. The largest absolute Gasteiger partial charge is 1.00 e. The second-order valence-corrected chi connectivity index (χ2v) is 9.41. The first kappa shape index (κ1) is 24.1. The van der Waals surface area contributed by atoms with E-state index in [4.69, 9.17) is 0 Å². The van der Waals surface area contributed by atoms with Gasteiger partial charge in [-0.2, -0.15) is 6.08 Å². The van der Waals surface area contributed by atoms with Crippen molar-refractivity contribution in [1.29, 1.82) is 0 Å². The molecule has 1 aliphatic rings. The normalized spacial score (nSPS) is 11.3. The number of allylic oxidation sites excluding steroid dienone is 4. The fourth-order valence-corrected chi connectivity index (χ4v) is 2.40. The van der Waals surface area contributed by atoms with E-state index in [1.165, 1.54) is 51.0 Å². The molecule has 0 heterocycles. The number of hydrogen-bond donors (Lipinski definition) is 0. The van der Waals surface area contributed by atoms with Crippen molar-refractivity contribution in [3.63, 3.8) is 0 Å². The molecular weight excluding hydrogens is 514 g/mol. The molecule has 3 heteroatoms. The van der Waals surface area contributed by atoms with E-state index in [9.17, 15) is 0 Å². The van der Waals surface area contributed by atoms with E-state index < -0.39 is 0 Å². The standard InChI is InChI=1S/C13H9.C6H7.C3H6.2ClH.Hf/c1-3-7-12-10(5-1)9-11-6-2-4-8-13(11)12;1-6-4-2-3-5-6;1-3-2;;;/h1-9H;4-5H,2H2,1H3;1-2H3;2*1H;/q2*-1;;;;+2/p-2. The van der Waals surface area contributed by atoms with E-state index in [-0.39, 0.29) is 24.8 Å². The van der Waals surface area contributed by atoms with Crippen molar-refractivity contribution in [2.24, 2.45) is 0 Å². The Morgan fingerprint density at radius 1 is 0.920 bits per heavy atom. The summed E-state index contributed by atoms with van der Waals surface area (Å²) >= 11 is 1.27. The first-order valence-electron chi connectivity index (χ1n) is 7.86. The van der Waals surface area contributed by atoms with Crippen molar-refractivity contribution in [2.45, 2.75) is 27.2 Å². The Kier molecular flexibility index (Phi) is 12.0. The molecule has 0 radical (unpaired) electrons. The van der Waals surface area contributed by atoms with E-state index in [2.05, 4.69) is 87.5 Å². The summed E-state index contributed by atoms with van der Waals surface area (Å²) < 4.78 is 1.56. The fourth-order valence-electron chi connectivity index (χ4n) is 2.40. The molecule has 1 aliphatic carbocycles. The van der Waals surface area contributed by atoms with Gasteiger partial charge in [0, 0.05) is 0 Å². The minimum atomic E-state index is 0. The summed E-state index contributed by atoms with van der Waals surface area (Å²) in [5.74, 6) is 0. The third kappa shape index (κ3) is 7.90. The van der Waals surface area contributed by atoms with Gasteiger partial charge in [0.2, 0.25) is 0 Å². The van der Waals surface area contributed by atoms with E-state index in [1.807, 2.05) is 6.08 Å². The molecule has 0 spiro atoms. The summed E-state index contributed by atoms with van der Waals surface area (Å²) in [4.78, 5) is 0. The third-order valence-corrected chi connectivity index (χ3v) is 3.39. The zero-order valence-corrected chi connectivity index (χ0v) is 19.9. The monoisotopic (exact) mass is 536 g/mol. The molecule has 0 aliphatic heterocycles. The van der Waals surface area contributed by atoms with Crippen LogP contribution in [0.15, 0.2) is 72.3 Å². The van der Waals surface area contributed by atoms with E-state index in [0.717, 1.165) is 6.42 Å². The number of fused-ring (bicyclic) bond motifs is 3. The SMILES string of the molecule is CC1=CC[C-]=C1.C[C](C)=[Hf+2].[Cl-].[Cl-].c1ccc2c(c1)[cH-]c1ccccc12. The van der Waals surface area contributed by atoms with Gasteiger partial charge >= 0.3 is 41.0 Å². The summed E-state index contributed by atoms with van der Waals surface area (Å²) in [6.45, 7) is 6.37. The molecule has 0 unspecified atom stereocenters. The van der Waals surface area contributed by atoms with Gasteiger partial charge in [0.1, 0.15) is 0 Å². The maximum absolute atomic E-state index is 3.05. The molecule has 130 valence electrons. The molecular formula is C22H22Cl2Hf-2. The Bertz CT molecular complexity index is 799. The summed E-state index contributed by atoms with van der Waals surface area (Å²) in [6, 6.07) is 19.3. The van der Waals surface area contributed by atoms with E-state index in [1.54, 1.807) is 3.26 Å². The van der Waals surface area contributed by atoms with Crippen LogP contribution in [0.4, 0.5) is 0 Å². The Morgan fingerprint density at radius 3 is 1.68 bits per heavy atom. The molecule has 0 atom stereocenters. The first-order valence-corrected chi connectivity index (χ1v) is 9.66. The van der Waals surface area contributed by atoms with Gasteiger partial charge in [0.05, 0.1) is 0 Å². The Hall–Kier alpha value is -0.890. The van der Waals surface area contributed by atoms with Crippen molar-refractivity contribution < 1.29 is 48.7 Å². The summed E-state index contributed by atoms with van der Waals surface area (Å²) in [6.07, 6.45) is 8.24. The van der Waals surface area contributed by atoms with Gasteiger partial charge in [-0.05, 0) is 0 Å². The maximum Gasteiger partial charge on any atom is -0.0771 e. The number of hydrogen-bond acceptors (Lipinski definition) is 0. The number of rotatable bonds is 0. The van der Waals surface area contributed by atoms with Crippen LogP contribution >= 0.6 is 0 Å². The first-order chi connectivity index (χ1) is 11.1. The quantitative estimate of drug-likeness (QED) is 0.284. The topological polar surface area (TPSA) is 0 Å². The predicted octanol–water partition coefficient (Wildman–Crippen LogP) is 0.161. The van der Waals surface area contributed by atoms with Crippen molar-refractivity contribution in [3.05, 3.63) is 78.4 Å². The van der Waals surface area contributed by atoms with Gasteiger partial charge in [-0.1, -0.05) is 36.4 Å². The minimum Gasteiger partial charge on any atom is -1.00 e. The van der Waals surface area contributed by atoms with Crippen LogP contribution in [0.3, 0.4) is 0 Å². The average molecular weight is 536 g/mol. The van der Waals surface area contributed by atoms with E-state index >= 15 is 0 Å². The van der Waals surface area contributed by atoms with E-state index in [0.29, 0.717) is 0 Å². The van der Waals surface area contributed by atoms with Gasteiger partial charge < -0.3 is 24.8 Å². The maximum atomic E-state index is 3.05. The smallest absolute Gasteiger partial charge is 0.0771 e. The van der Waals surface area contributed by atoms with Crippen LogP contribution in [-0.2, 0) is 23.9 Å². The van der Waals surface area contributed by atoms with Gasteiger partial charge in [-0.3, -0.25) is 6.08 Å². The zero-order chi connectivity index (χ0) is 16.7. The summed E-state index contributed by atoms with van der Waals surface area (Å²) in [5.41, 5.74) is 1.34. The van der Waals surface area contributed by atoms with Gasteiger partial charge in [0.25, 0.3) is 0 Å². The molecule has 0 amide bonds. The summed E-state index contributed by atoms with van der Waals surface area (Å²) in [7, 11) is 0. The van der Waals surface area contributed by atoms with Crippen LogP contribution in [0.5, 0.6) is 0 Å². The predicted molar refractivity (Wildman–Crippen MR) is 99.6 cm³/mol. The molecule has 3 aromatic carbocycles. The minimum absolute atomic E-state index is 0. The molecule has 0 saturated carbocycles. The second-order valence-electron chi connectivity index (χ2n) is 5.82. The molecule has 0 saturated heterocycles. The van der Waals surface area contributed by atoms with Gasteiger partial charge in [-0.25, -0.2) is 11.6 Å². The van der Waals surface area contributed by atoms with Crippen LogP contribution in [0, 0.1) is 6.08 Å². The second kappa shape index (κ2) is 12.5. The van der Waals surface area contributed by atoms with Crippen LogP contribution in [0.1, 0.15) is 27.2 Å². The van der Waals surface area contributed by atoms with Crippen molar-refractivity contribution in [1.82, 2.24) is 0 Å². The molecule has 0 N–H and O–H groups in total. The van der Waals surface area contributed by atoms with Crippen LogP contribution in [0.2, 0.25) is 0 Å². The average Bonchev–Trinajstić information content (AvgIpc) is 3.13. The third-order valence-electron chi connectivity index (χ3n) is 3.39. The van der Waals surface area contributed by atoms with Crippen molar-refractivity contribution in [2.75, 3.05) is 0 Å². The Morgan fingerprint density at radius 2 is 1.36 bits per heavy atom. The van der Waals surface area contributed by atoms with Crippen LogP contribution in [0.25, 0.3) is 21.5 Å². The van der Waals surface area contributed by atoms with Crippen molar-refractivity contribution in [3.8, 4) is 0 Å². The molecule has 0 bridgehead atoms. The van der Waals surface area contributed by atoms with Gasteiger partial charge in [0.15, 0.2) is 0 Å². The Labute approximate surface area is 178 Å². The molecule has 0 aromatic heterocycles. The van der Waals surface area contributed by atoms with Crippen molar-refractivity contribution >= 4 is 24.8 Å². The molecule has 0 fully saturated rings. The fraction of sp³-hybridized carbons (Fsp3) is 0.182. The number of halogens is 2. The molecule has 0 nitrogen and oxygen atoms in total. The van der Waals surface area contributed by atoms with Crippen LogP contribution < -0.4 is 24.8 Å². The Balaban J connectivity index is 0.000000410. The molecule has 4 rings (SSSR count). The van der Waals surface area contributed by atoms with Gasteiger partial charge in [-0.15, -0.1) is 53.1 Å². The summed E-state index contributed by atoms with van der Waals surface area (Å²) in [5, 5.41) is 5.39. The van der Waals surface area contributed by atoms with Crippen LogP contribution in [-0.4, -0.2) is 3.26 Å². The molecule has 3 aromatic rings.